The van der Waals surface area contributed by atoms with Crippen LogP contribution in [0.2, 0.25) is 0 Å². The number of halogens is 1. The molecule has 0 saturated heterocycles. The molecule has 104 valence electrons. The number of methoxy groups -OCH3 is 1. The number of para-hydroxylation sites is 1. The molecular formula is C16H16FNO2. The third-order valence-corrected chi connectivity index (χ3v) is 2.95. The SMILES string of the molecule is COCCc1ccccc1NC(=O)c1ccc(F)cc1. The van der Waals surface area contributed by atoms with Crippen molar-refractivity contribution in [2.75, 3.05) is 19.0 Å². The Balaban J connectivity index is 2.13. The Kier molecular flexibility index (Phi) is 4.85. The largest absolute Gasteiger partial charge is 0.384 e. The maximum Gasteiger partial charge on any atom is 0.255 e. The van der Waals surface area contributed by atoms with Crippen molar-refractivity contribution in [3.8, 4) is 0 Å². The molecule has 3 nitrogen and oxygen atoms in total. The molecule has 0 aromatic heterocycles. The molecular weight excluding hydrogens is 257 g/mol. The van der Waals surface area contributed by atoms with Crippen molar-refractivity contribution in [1.29, 1.82) is 0 Å². The third-order valence-electron chi connectivity index (χ3n) is 2.95. The second kappa shape index (κ2) is 6.82. The molecule has 0 aliphatic rings. The van der Waals surface area contributed by atoms with E-state index in [0.29, 0.717) is 12.2 Å². The van der Waals surface area contributed by atoms with Crippen molar-refractivity contribution in [3.63, 3.8) is 0 Å². The van der Waals surface area contributed by atoms with Gasteiger partial charge in [-0.15, -0.1) is 0 Å². The van der Waals surface area contributed by atoms with E-state index in [-0.39, 0.29) is 11.7 Å². The first-order chi connectivity index (χ1) is 9.70. The number of ether oxygens (including phenoxy) is 1. The van der Waals surface area contributed by atoms with Gasteiger partial charge in [0.2, 0.25) is 0 Å². The monoisotopic (exact) mass is 273 g/mol. The minimum Gasteiger partial charge on any atom is -0.384 e. The summed E-state index contributed by atoms with van der Waals surface area (Å²) < 4.78 is 17.9. The Morgan fingerprint density at radius 3 is 2.55 bits per heavy atom. The van der Waals surface area contributed by atoms with Gasteiger partial charge in [-0.1, -0.05) is 18.2 Å². The van der Waals surface area contributed by atoms with Crippen molar-refractivity contribution < 1.29 is 13.9 Å². The number of anilines is 1. The summed E-state index contributed by atoms with van der Waals surface area (Å²) in [6.07, 6.45) is 0.719. The van der Waals surface area contributed by atoms with Gasteiger partial charge in [-0.2, -0.15) is 0 Å². The molecule has 0 heterocycles. The van der Waals surface area contributed by atoms with E-state index in [0.717, 1.165) is 17.7 Å². The number of hydrogen-bond acceptors (Lipinski definition) is 2. The summed E-state index contributed by atoms with van der Waals surface area (Å²) in [5, 5.41) is 2.84. The maximum atomic E-state index is 12.8. The van der Waals surface area contributed by atoms with Gasteiger partial charge in [-0.3, -0.25) is 4.79 Å². The predicted octanol–water partition coefficient (Wildman–Crippen LogP) is 3.27. The lowest BCUT2D eigenvalue weighted by Gasteiger charge is -2.10. The van der Waals surface area contributed by atoms with E-state index in [1.54, 1.807) is 7.11 Å². The maximum absolute atomic E-state index is 12.8. The van der Waals surface area contributed by atoms with Gasteiger partial charge in [0.1, 0.15) is 5.82 Å². The van der Waals surface area contributed by atoms with Crippen LogP contribution in [0.1, 0.15) is 15.9 Å². The van der Waals surface area contributed by atoms with Crippen molar-refractivity contribution >= 4 is 11.6 Å². The fourth-order valence-electron chi connectivity index (χ4n) is 1.87. The van der Waals surface area contributed by atoms with Gasteiger partial charge in [-0.25, -0.2) is 4.39 Å². The summed E-state index contributed by atoms with van der Waals surface area (Å²) >= 11 is 0. The third kappa shape index (κ3) is 3.65. The van der Waals surface area contributed by atoms with Gasteiger partial charge in [0.05, 0.1) is 6.61 Å². The van der Waals surface area contributed by atoms with Gasteiger partial charge in [0.15, 0.2) is 0 Å². The number of benzene rings is 2. The fraction of sp³-hybridized carbons (Fsp3) is 0.188. The zero-order valence-corrected chi connectivity index (χ0v) is 11.2. The highest BCUT2D eigenvalue weighted by molar-refractivity contribution is 6.04. The van der Waals surface area contributed by atoms with E-state index in [2.05, 4.69) is 5.32 Å². The number of amides is 1. The summed E-state index contributed by atoms with van der Waals surface area (Å²) in [7, 11) is 1.64. The van der Waals surface area contributed by atoms with Crippen LogP contribution in [0.15, 0.2) is 48.5 Å². The highest BCUT2D eigenvalue weighted by atomic mass is 19.1. The Hall–Kier alpha value is -2.20. The summed E-state index contributed by atoms with van der Waals surface area (Å²) in [5.74, 6) is -0.614. The fourth-order valence-corrected chi connectivity index (χ4v) is 1.87. The molecule has 1 amide bonds. The second-order valence-electron chi connectivity index (χ2n) is 4.36. The van der Waals surface area contributed by atoms with E-state index in [1.807, 2.05) is 24.3 Å². The molecule has 4 heteroatoms. The molecule has 1 N–H and O–H groups in total. The predicted molar refractivity (Wildman–Crippen MR) is 76.4 cm³/mol. The Morgan fingerprint density at radius 2 is 1.85 bits per heavy atom. The first kappa shape index (κ1) is 14.2. The summed E-state index contributed by atoms with van der Waals surface area (Å²) in [4.78, 5) is 12.1. The molecule has 0 aliphatic heterocycles. The Labute approximate surface area is 117 Å². The van der Waals surface area contributed by atoms with E-state index >= 15 is 0 Å². The van der Waals surface area contributed by atoms with Crippen LogP contribution in [-0.2, 0) is 11.2 Å². The van der Waals surface area contributed by atoms with E-state index in [9.17, 15) is 9.18 Å². The van der Waals surface area contributed by atoms with Crippen molar-refractivity contribution in [3.05, 3.63) is 65.5 Å². The minimum absolute atomic E-state index is 0.255. The molecule has 2 rings (SSSR count). The zero-order valence-electron chi connectivity index (χ0n) is 11.2. The Morgan fingerprint density at radius 1 is 1.15 bits per heavy atom. The lowest BCUT2D eigenvalue weighted by molar-refractivity contribution is 0.102. The minimum atomic E-state index is -0.359. The van der Waals surface area contributed by atoms with Crippen LogP contribution < -0.4 is 5.32 Å². The molecule has 0 atom stereocenters. The van der Waals surface area contributed by atoms with Gasteiger partial charge >= 0.3 is 0 Å². The molecule has 2 aromatic carbocycles. The molecule has 0 spiro atoms. The first-order valence-corrected chi connectivity index (χ1v) is 6.34. The highest BCUT2D eigenvalue weighted by Gasteiger charge is 2.08. The van der Waals surface area contributed by atoms with Gasteiger partial charge in [0, 0.05) is 18.4 Å². The smallest absolute Gasteiger partial charge is 0.255 e. The number of carbonyl (C=O) groups is 1. The number of hydrogen-bond donors (Lipinski definition) is 1. The average Bonchev–Trinajstić information content (AvgIpc) is 2.47. The van der Waals surface area contributed by atoms with Gasteiger partial charge in [-0.05, 0) is 42.3 Å². The van der Waals surface area contributed by atoms with Crippen LogP contribution in [0.3, 0.4) is 0 Å². The molecule has 0 aliphatic carbocycles. The average molecular weight is 273 g/mol. The molecule has 0 fully saturated rings. The molecule has 2 aromatic rings. The van der Waals surface area contributed by atoms with Crippen molar-refractivity contribution in [2.45, 2.75) is 6.42 Å². The summed E-state index contributed by atoms with van der Waals surface area (Å²) in [5.41, 5.74) is 2.18. The van der Waals surface area contributed by atoms with Crippen molar-refractivity contribution in [1.82, 2.24) is 0 Å². The molecule has 20 heavy (non-hydrogen) atoms. The van der Waals surface area contributed by atoms with Crippen LogP contribution in [-0.4, -0.2) is 19.6 Å². The number of carbonyl (C=O) groups excluding carboxylic acids is 1. The summed E-state index contributed by atoms with van der Waals surface area (Å²) in [6.45, 7) is 0.587. The molecule has 0 saturated carbocycles. The lowest BCUT2D eigenvalue weighted by atomic mass is 10.1. The number of rotatable bonds is 5. The quantitative estimate of drug-likeness (QED) is 0.908. The normalized spacial score (nSPS) is 10.3. The summed E-state index contributed by atoms with van der Waals surface area (Å²) in [6, 6.07) is 13.0. The highest BCUT2D eigenvalue weighted by Crippen LogP contribution is 2.17. The molecule has 0 unspecified atom stereocenters. The van der Waals surface area contributed by atoms with Crippen LogP contribution in [0.25, 0.3) is 0 Å². The Bertz CT molecular complexity index is 581. The van der Waals surface area contributed by atoms with Crippen molar-refractivity contribution in [2.24, 2.45) is 0 Å². The van der Waals surface area contributed by atoms with Crippen LogP contribution in [0, 0.1) is 5.82 Å². The van der Waals surface area contributed by atoms with E-state index in [1.165, 1.54) is 24.3 Å². The first-order valence-electron chi connectivity index (χ1n) is 6.34. The van der Waals surface area contributed by atoms with E-state index in [4.69, 9.17) is 4.74 Å². The van der Waals surface area contributed by atoms with Gasteiger partial charge < -0.3 is 10.1 Å². The molecule has 0 radical (unpaired) electrons. The van der Waals surface area contributed by atoms with Gasteiger partial charge in [0.25, 0.3) is 5.91 Å². The molecule has 0 bridgehead atoms. The van der Waals surface area contributed by atoms with Crippen LogP contribution in [0.4, 0.5) is 10.1 Å². The second-order valence-corrected chi connectivity index (χ2v) is 4.36. The van der Waals surface area contributed by atoms with Crippen LogP contribution >= 0.6 is 0 Å². The van der Waals surface area contributed by atoms with E-state index < -0.39 is 0 Å². The number of nitrogens with one attached hydrogen (secondary N) is 1. The topological polar surface area (TPSA) is 38.3 Å². The van der Waals surface area contributed by atoms with Crippen LogP contribution in [0.5, 0.6) is 0 Å². The zero-order chi connectivity index (χ0) is 14.4. The lowest BCUT2D eigenvalue weighted by Crippen LogP contribution is -2.13. The standard InChI is InChI=1S/C16H16FNO2/c1-20-11-10-12-4-2-3-5-15(12)18-16(19)13-6-8-14(17)9-7-13/h2-9H,10-11H2,1H3,(H,18,19).